The lowest BCUT2D eigenvalue weighted by Gasteiger charge is -2.01. The molecule has 0 aromatic carbocycles. The molecule has 4 heterocycles. The molecular formula is C15H9FN4S3. The van der Waals surface area contributed by atoms with Crippen molar-refractivity contribution in [3.63, 3.8) is 0 Å². The molecule has 4 aromatic rings. The van der Waals surface area contributed by atoms with Crippen molar-refractivity contribution in [2.24, 2.45) is 0 Å². The Labute approximate surface area is 145 Å². The first-order valence-electron chi connectivity index (χ1n) is 6.67. The Hall–Kier alpha value is -2.03. The van der Waals surface area contributed by atoms with Gasteiger partial charge in [-0.3, -0.25) is 0 Å². The zero-order valence-corrected chi connectivity index (χ0v) is 14.0. The maximum atomic E-state index is 13.2. The largest absolute Gasteiger partial charge is 0.340 e. The minimum atomic E-state index is -0.473. The summed E-state index contributed by atoms with van der Waals surface area (Å²) in [6.45, 7) is 0. The summed E-state index contributed by atoms with van der Waals surface area (Å²) in [5, 5.41) is 2.55. The molecule has 8 heteroatoms. The zero-order valence-electron chi connectivity index (χ0n) is 11.5. The first-order valence-corrected chi connectivity index (χ1v) is 7.93. The lowest BCUT2D eigenvalue weighted by Crippen LogP contribution is -1.89. The second kappa shape index (κ2) is 5.26. The third-order valence-electron chi connectivity index (χ3n) is 3.60. The highest BCUT2D eigenvalue weighted by molar-refractivity contribution is 7.80. The predicted octanol–water partition coefficient (Wildman–Crippen LogP) is 4.93. The van der Waals surface area contributed by atoms with Gasteiger partial charge in [0.2, 0.25) is 0 Å². The van der Waals surface area contributed by atoms with Gasteiger partial charge >= 0.3 is 0 Å². The lowest BCUT2D eigenvalue weighted by atomic mass is 10.1. The summed E-state index contributed by atoms with van der Waals surface area (Å²) in [6, 6.07) is 8.60. The average Bonchev–Trinajstić information content (AvgIpc) is 2.85. The Morgan fingerprint density at radius 2 is 1.83 bits per heavy atom. The summed E-state index contributed by atoms with van der Waals surface area (Å²) in [6.07, 6.45) is 0. The molecule has 0 fully saturated rings. The van der Waals surface area contributed by atoms with E-state index in [1.165, 1.54) is 6.07 Å². The van der Waals surface area contributed by atoms with Crippen molar-refractivity contribution < 1.29 is 4.39 Å². The highest BCUT2D eigenvalue weighted by atomic mass is 32.1. The number of aromatic amines is 3. The van der Waals surface area contributed by atoms with E-state index in [1.807, 2.05) is 18.2 Å². The van der Waals surface area contributed by atoms with Crippen molar-refractivity contribution in [1.82, 2.24) is 19.9 Å². The van der Waals surface area contributed by atoms with Crippen LogP contribution in [0.1, 0.15) is 0 Å². The van der Waals surface area contributed by atoms with E-state index in [1.54, 1.807) is 6.07 Å². The Kier molecular flexibility index (Phi) is 3.33. The number of nitrogens with zero attached hydrogens (tertiary/aromatic N) is 1. The van der Waals surface area contributed by atoms with Gasteiger partial charge in [0.25, 0.3) is 0 Å². The van der Waals surface area contributed by atoms with Crippen molar-refractivity contribution in [1.29, 1.82) is 0 Å². The van der Waals surface area contributed by atoms with Gasteiger partial charge in [0.15, 0.2) is 5.95 Å². The summed E-state index contributed by atoms with van der Waals surface area (Å²) in [4.78, 5) is 13.3. The van der Waals surface area contributed by atoms with Crippen molar-refractivity contribution in [3.8, 4) is 11.3 Å². The summed E-state index contributed by atoms with van der Waals surface area (Å²) in [7, 11) is 0. The second-order valence-electron chi connectivity index (χ2n) is 5.04. The summed E-state index contributed by atoms with van der Waals surface area (Å²) < 4.78 is 14.1. The maximum absolute atomic E-state index is 13.2. The Morgan fingerprint density at radius 1 is 1.00 bits per heavy atom. The van der Waals surface area contributed by atoms with Crippen LogP contribution in [0.15, 0.2) is 35.4 Å². The van der Waals surface area contributed by atoms with Crippen LogP contribution in [0, 0.1) is 15.2 Å². The Balaban J connectivity index is 2.02. The number of thiol groups is 1. The van der Waals surface area contributed by atoms with Gasteiger partial charge in [-0.25, -0.2) is 4.98 Å². The molecule has 0 unspecified atom stereocenters. The second-order valence-corrected chi connectivity index (χ2v) is 6.33. The van der Waals surface area contributed by atoms with Gasteiger partial charge in [0.05, 0.1) is 16.2 Å². The minimum absolute atomic E-state index is 0.309. The third kappa shape index (κ3) is 2.39. The van der Waals surface area contributed by atoms with Crippen LogP contribution < -0.4 is 0 Å². The van der Waals surface area contributed by atoms with E-state index in [-0.39, 0.29) is 0 Å². The summed E-state index contributed by atoms with van der Waals surface area (Å²) >= 11 is 14.8. The topological polar surface area (TPSA) is 60.3 Å². The molecule has 114 valence electrons. The third-order valence-corrected chi connectivity index (χ3v) is 4.48. The van der Waals surface area contributed by atoms with Gasteiger partial charge < -0.3 is 15.0 Å². The highest BCUT2D eigenvalue weighted by Gasteiger charge is 2.11. The molecule has 4 rings (SSSR count). The van der Waals surface area contributed by atoms with Gasteiger partial charge in [-0.15, -0.1) is 12.6 Å². The number of fused-ring (bicyclic) bond motifs is 3. The Bertz CT molecular complexity index is 1190. The molecule has 0 radical (unpaired) electrons. The molecular weight excluding hydrogens is 351 g/mol. The van der Waals surface area contributed by atoms with Gasteiger partial charge in [0, 0.05) is 16.3 Å². The quantitative estimate of drug-likeness (QED) is 0.221. The number of rotatable bonds is 1. The number of hydrogen-bond acceptors (Lipinski definition) is 4. The van der Waals surface area contributed by atoms with Gasteiger partial charge in [-0.05, 0) is 30.3 Å². The molecule has 4 nitrogen and oxygen atoms in total. The predicted molar refractivity (Wildman–Crippen MR) is 96.6 cm³/mol. The van der Waals surface area contributed by atoms with E-state index < -0.39 is 5.95 Å². The van der Waals surface area contributed by atoms with E-state index in [9.17, 15) is 4.39 Å². The van der Waals surface area contributed by atoms with E-state index in [4.69, 9.17) is 24.4 Å². The van der Waals surface area contributed by atoms with Crippen molar-refractivity contribution in [3.05, 3.63) is 45.6 Å². The van der Waals surface area contributed by atoms with E-state index >= 15 is 0 Å². The van der Waals surface area contributed by atoms with Gasteiger partial charge in [-0.2, -0.15) is 4.39 Å². The van der Waals surface area contributed by atoms with Crippen LogP contribution >= 0.6 is 37.1 Å². The number of H-pyrrole nitrogens is 3. The number of hydrogen-bond donors (Lipinski definition) is 4. The van der Waals surface area contributed by atoms with Gasteiger partial charge in [-0.1, -0.05) is 24.4 Å². The van der Waals surface area contributed by atoms with Crippen molar-refractivity contribution >= 4 is 59.0 Å². The number of aromatic nitrogens is 4. The van der Waals surface area contributed by atoms with Crippen LogP contribution in [0.5, 0.6) is 0 Å². The first-order chi connectivity index (χ1) is 11.0. The highest BCUT2D eigenvalue weighted by Crippen LogP contribution is 2.29. The van der Waals surface area contributed by atoms with Crippen LogP contribution in [-0.4, -0.2) is 19.9 Å². The fourth-order valence-corrected chi connectivity index (χ4v) is 3.44. The van der Waals surface area contributed by atoms with E-state index in [0.29, 0.717) is 31.2 Å². The molecule has 3 N–H and O–H groups in total. The number of halogens is 1. The maximum Gasteiger partial charge on any atom is 0.192 e. The molecule has 0 aliphatic carbocycles. The molecule has 0 amide bonds. The molecule has 0 saturated heterocycles. The van der Waals surface area contributed by atoms with Crippen LogP contribution in [-0.2, 0) is 0 Å². The molecule has 23 heavy (non-hydrogen) atoms. The van der Waals surface area contributed by atoms with Crippen LogP contribution in [0.2, 0.25) is 0 Å². The molecule has 0 atom stereocenters. The molecule has 4 aromatic heterocycles. The van der Waals surface area contributed by atoms with Crippen molar-refractivity contribution in [2.75, 3.05) is 0 Å². The molecule has 0 bridgehead atoms. The fraction of sp³-hybridized carbons (Fsp3) is 0. The van der Waals surface area contributed by atoms with Crippen molar-refractivity contribution in [2.45, 2.75) is 5.03 Å². The first kappa shape index (κ1) is 14.6. The van der Waals surface area contributed by atoms with E-state index in [0.717, 1.165) is 16.3 Å². The number of nitrogens with one attached hydrogen (secondary N) is 3. The summed E-state index contributed by atoms with van der Waals surface area (Å²) in [5.74, 6) is -0.473. The smallest absolute Gasteiger partial charge is 0.192 e. The lowest BCUT2D eigenvalue weighted by molar-refractivity contribution is 0.582. The van der Waals surface area contributed by atoms with Crippen LogP contribution in [0.3, 0.4) is 0 Å². The monoisotopic (exact) mass is 360 g/mol. The van der Waals surface area contributed by atoms with Crippen LogP contribution in [0.25, 0.3) is 33.2 Å². The number of pyridine rings is 3. The average molecular weight is 360 g/mol. The molecule has 0 aliphatic rings. The normalized spacial score (nSPS) is 11.4. The standard InChI is InChI=1S/C15H9FN4S3/c16-10-4-2-7(14(22)18-10)9-3-1-6-8-5-11(21)19-15(23)12(8)20-13(6)17-9/h1-5H,(H,17,20)(H,18,22)(H2,19,21,23). The minimum Gasteiger partial charge on any atom is -0.340 e. The SMILES string of the molecule is Fc1ccc(-c2ccc3c(n2)[nH]c2c(S)[nH]c(=S)cc23)c(=S)[nH]1. The summed E-state index contributed by atoms with van der Waals surface area (Å²) in [5.41, 5.74) is 2.86. The fourth-order valence-electron chi connectivity index (χ4n) is 2.58. The van der Waals surface area contributed by atoms with Crippen LogP contribution in [0.4, 0.5) is 4.39 Å². The zero-order chi connectivity index (χ0) is 16.1. The molecule has 0 aliphatic heterocycles. The van der Waals surface area contributed by atoms with Gasteiger partial charge in [0.1, 0.15) is 14.9 Å². The Morgan fingerprint density at radius 3 is 2.61 bits per heavy atom. The molecule has 0 spiro atoms. The molecule has 0 saturated carbocycles. The van der Waals surface area contributed by atoms with E-state index in [2.05, 4.69) is 32.6 Å².